The van der Waals surface area contributed by atoms with Crippen LogP contribution in [-0.2, 0) is 4.74 Å². The van der Waals surface area contributed by atoms with Gasteiger partial charge in [-0.05, 0) is 5.56 Å². The zero-order valence-electron chi connectivity index (χ0n) is 7.87. The lowest BCUT2D eigenvalue weighted by molar-refractivity contribution is 0.168. The quantitative estimate of drug-likeness (QED) is 0.688. The summed E-state index contributed by atoms with van der Waals surface area (Å²) in [5.41, 5.74) is 1.09. The first-order valence-corrected chi connectivity index (χ1v) is 5.76. The molecule has 4 heteroatoms. The van der Waals surface area contributed by atoms with Crippen molar-refractivity contribution >= 4 is 28.7 Å². The van der Waals surface area contributed by atoms with Crippen molar-refractivity contribution in [2.24, 2.45) is 0 Å². The first kappa shape index (κ1) is 11.3. The Bertz CT molecular complexity index is 289. The van der Waals surface area contributed by atoms with E-state index in [1.807, 2.05) is 30.3 Å². The number of rotatable bonds is 3. The average Bonchev–Trinajstić information content (AvgIpc) is 2.26. The molecule has 3 nitrogen and oxygen atoms in total. The van der Waals surface area contributed by atoms with E-state index >= 15 is 0 Å². The van der Waals surface area contributed by atoms with Crippen LogP contribution in [0.1, 0.15) is 11.6 Å². The van der Waals surface area contributed by atoms with E-state index in [-0.39, 0.29) is 6.04 Å². The average molecular weight is 305 g/mol. The molecule has 0 fully saturated rings. The maximum atomic E-state index is 11.0. The van der Waals surface area contributed by atoms with Gasteiger partial charge in [0.2, 0.25) is 0 Å². The minimum Gasteiger partial charge on any atom is -0.453 e. The molecular formula is C10H12INO2. The topological polar surface area (TPSA) is 38.3 Å². The van der Waals surface area contributed by atoms with Crippen LogP contribution < -0.4 is 5.32 Å². The minimum absolute atomic E-state index is 0.0178. The molecule has 1 aromatic rings. The first-order chi connectivity index (χ1) is 6.77. The predicted molar refractivity (Wildman–Crippen MR) is 63.6 cm³/mol. The van der Waals surface area contributed by atoms with Gasteiger partial charge in [0.05, 0.1) is 13.2 Å². The second-order valence-corrected chi connectivity index (χ2v) is 3.63. The summed E-state index contributed by atoms with van der Waals surface area (Å²) in [6.45, 7) is 0. The molecule has 76 valence electrons. The monoisotopic (exact) mass is 305 g/mol. The van der Waals surface area contributed by atoms with E-state index in [4.69, 9.17) is 0 Å². The summed E-state index contributed by atoms with van der Waals surface area (Å²) >= 11 is 2.23. The van der Waals surface area contributed by atoms with Crippen LogP contribution in [-0.4, -0.2) is 17.6 Å². The van der Waals surface area contributed by atoms with Crippen LogP contribution in [0.4, 0.5) is 4.79 Å². The SMILES string of the molecule is COC(=O)N[C@@H](CI)c1ccccc1. The number of alkyl carbamates (subject to hydrolysis) is 1. The maximum absolute atomic E-state index is 11.0. The molecule has 0 radical (unpaired) electrons. The van der Waals surface area contributed by atoms with Crippen LogP contribution in [0.25, 0.3) is 0 Å². The molecule has 1 N–H and O–H groups in total. The fourth-order valence-electron chi connectivity index (χ4n) is 1.10. The van der Waals surface area contributed by atoms with Gasteiger partial charge in [-0.3, -0.25) is 0 Å². The van der Waals surface area contributed by atoms with Crippen LogP contribution in [0.3, 0.4) is 0 Å². The van der Waals surface area contributed by atoms with Crippen molar-refractivity contribution in [3.8, 4) is 0 Å². The number of nitrogens with one attached hydrogen (secondary N) is 1. The third kappa shape index (κ3) is 3.17. The van der Waals surface area contributed by atoms with Crippen molar-refractivity contribution in [3.05, 3.63) is 35.9 Å². The first-order valence-electron chi connectivity index (χ1n) is 4.23. The summed E-state index contributed by atoms with van der Waals surface area (Å²) in [6, 6.07) is 9.84. The van der Waals surface area contributed by atoms with Gasteiger partial charge in [0.25, 0.3) is 0 Å². The van der Waals surface area contributed by atoms with E-state index in [0.717, 1.165) is 9.99 Å². The molecule has 0 heterocycles. The number of alkyl halides is 1. The fraction of sp³-hybridized carbons (Fsp3) is 0.300. The second kappa shape index (κ2) is 5.85. The molecule has 0 unspecified atom stereocenters. The van der Waals surface area contributed by atoms with E-state index in [1.165, 1.54) is 7.11 Å². The van der Waals surface area contributed by atoms with E-state index in [0.29, 0.717) is 0 Å². The Kier molecular flexibility index (Phi) is 4.72. The Balaban J connectivity index is 2.68. The molecule has 0 aromatic heterocycles. The zero-order valence-corrected chi connectivity index (χ0v) is 10.0. The highest BCUT2D eigenvalue weighted by Gasteiger charge is 2.12. The molecule has 0 aliphatic rings. The molecule has 0 saturated carbocycles. The van der Waals surface area contributed by atoms with Gasteiger partial charge in [0.15, 0.2) is 0 Å². The Morgan fingerprint density at radius 1 is 1.50 bits per heavy atom. The lowest BCUT2D eigenvalue weighted by Crippen LogP contribution is -2.29. The van der Waals surface area contributed by atoms with Crippen molar-refractivity contribution in [3.63, 3.8) is 0 Å². The predicted octanol–water partition coefficient (Wildman–Crippen LogP) is 2.52. The van der Waals surface area contributed by atoms with Gasteiger partial charge in [-0.15, -0.1) is 0 Å². The van der Waals surface area contributed by atoms with Crippen LogP contribution in [0.5, 0.6) is 0 Å². The van der Waals surface area contributed by atoms with Gasteiger partial charge < -0.3 is 10.1 Å². The number of benzene rings is 1. The van der Waals surface area contributed by atoms with Crippen LogP contribution in [0, 0.1) is 0 Å². The van der Waals surface area contributed by atoms with E-state index < -0.39 is 6.09 Å². The largest absolute Gasteiger partial charge is 0.453 e. The molecule has 0 saturated heterocycles. The molecule has 0 bridgehead atoms. The number of carbonyl (C=O) groups excluding carboxylic acids is 1. The van der Waals surface area contributed by atoms with Gasteiger partial charge in [0, 0.05) is 4.43 Å². The highest BCUT2D eigenvalue weighted by Crippen LogP contribution is 2.14. The lowest BCUT2D eigenvalue weighted by Gasteiger charge is -2.15. The fourth-order valence-corrected chi connectivity index (χ4v) is 1.83. The van der Waals surface area contributed by atoms with E-state index in [2.05, 4.69) is 32.6 Å². The van der Waals surface area contributed by atoms with Gasteiger partial charge in [-0.1, -0.05) is 52.9 Å². The third-order valence-corrected chi connectivity index (χ3v) is 2.71. The summed E-state index contributed by atoms with van der Waals surface area (Å²) in [7, 11) is 1.37. The smallest absolute Gasteiger partial charge is 0.407 e. The van der Waals surface area contributed by atoms with Crippen LogP contribution >= 0.6 is 22.6 Å². The Hall–Kier alpha value is -0.780. The molecule has 1 atom stereocenters. The van der Waals surface area contributed by atoms with Gasteiger partial charge >= 0.3 is 6.09 Å². The summed E-state index contributed by atoms with van der Waals surface area (Å²) in [5.74, 6) is 0. The molecule has 0 aliphatic heterocycles. The van der Waals surface area contributed by atoms with Gasteiger partial charge in [0.1, 0.15) is 0 Å². The van der Waals surface area contributed by atoms with Crippen molar-refractivity contribution in [2.75, 3.05) is 11.5 Å². The van der Waals surface area contributed by atoms with Crippen molar-refractivity contribution in [1.82, 2.24) is 5.32 Å². The molecule has 1 amide bonds. The second-order valence-electron chi connectivity index (χ2n) is 2.75. The minimum atomic E-state index is -0.393. The van der Waals surface area contributed by atoms with Crippen LogP contribution in [0.15, 0.2) is 30.3 Å². The number of hydrogen-bond donors (Lipinski definition) is 1. The molecule has 1 rings (SSSR count). The Morgan fingerprint density at radius 3 is 2.64 bits per heavy atom. The number of amides is 1. The molecule has 1 aromatic carbocycles. The number of carbonyl (C=O) groups is 1. The summed E-state index contributed by atoms with van der Waals surface area (Å²) in [6.07, 6.45) is -0.393. The van der Waals surface area contributed by atoms with Crippen LogP contribution in [0.2, 0.25) is 0 Å². The van der Waals surface area contributed by atoms with E-state index in [9.17, 15) is 4.79 Å². The number of ether oxygens (including phenoxy) is 1. The standard InChI is InChI=1S/C10H12INO2/c1-14-10(13)12-9(7-11)8-5-3-2-4-6-8/h2-6,9H,7H2,1H3,(H,12,13)/t9-/m0/s1. The summed E-state index contributed by atoms with van der Waals surface area (Å²) < 4.78 is 5.37. The molecule has 14 heavy (non-hydrogen) atoms. The molecular weight excluding hydrogens is 293 g/mol. The lowest BCUT2D eigenvalue weighted by atomic mass is 10.1. The van der Waals surface area contributed by atoms with Crippen molar-refractivity contribution < 1.29 is 9.53 Å². The summed E-state index contributed by atoms with van der Waals surface area (Å²) in [4.78, 5) is 11.0. The summed E-state index contributed by atoms with van der Waals surface area (Å²) in [5, 5.41) is 2.76. The van der Waals surface area contributed by atoms with Gasteiger partial charge in [-0.2, -0.15) is 0 Å². The third-order valence-electron chi connectivity index (χ3n) is 1.83. The van der Waals surface area contributed by atoms with E-state index in [1.54, 1.807) is 0 Å². The highest BCUT2D eigenvalue weighted by atomic mass is 127. The van der Waals surface area contributed by atoms with Crippen molar-refractivity contribution in [2.45, 2.75) is 6.04 Å². The molecule has 0 aliphatic carbocycles. The highest BCUT2D eigenvalue weighted by molar-refractivity contribution is 14.1. The number of halogens is 1. The van der Waals surface area contributed by atoms with Gasteiger partial charge in [-0.25, -0.2) is 4.79 Å². The Labute approximate surface area is 97.0 Å². The maximum Gasteiger partial charge on any atom is 0.407 e. The number of hydrogen-bond acceptors (Lipinski definition) is 2. The molecule has 0 spiro atoms. The zero-order chi connectivity index (χ0) is 10.4. The van der Waals surface area contributed by atoms with Crippen molar-refractivity contribution in [1.29, 1.82) is 0 Å². The number of methoxy groups -OCH3 is 1. The normalized spacial score (nSPS) is 11.9. The Morgan fingerprint density at radius 2 is 2.14 bits per heavy atom.